The number of benzene rings is 4. The van der Waals surface area contributed by atoms with Gasteiger partial charge in [0.25, 0.3) is 0 Å². The number of rotatable bonds is 6. The lowest BCUT2D eigenvalue weighted by molar-refractivity contribution is 0.627. The molecule has 0 bridgehead atoms. The van der Waals surface area contributed by atoms with Gasteiger partial charge in [-0.25, -0.2) is 27.5 Å². The second-order valence-corrected chi connectivity index (χ2v) is 9.52. The molecule has 4 rings (SSSR count). The highest BCUT2D eigenvalue weighted by Gasteiger charge is 2.08. The number of anilines is 2. The third kappa shape index (κ3) is 10.0. The zero-order valence-corrected chi connectivity index (χ0v) is 22.8. The van der Waals surface area contributed by atoms with Crippen molar-refractivity contribution in [1.29, 1.82) is 0 Å². The molecule has 0 amide bonds. The molecule has 0 aliphatic rings. The van der Waals surface area contributed by atoms with E-state index in [0.29, 0.717) is 11.4 Å². The van der Waals surface area contributed by atoms with Crippen LogP contribution < -0.4 is 10.6 Å². The van der Waals surface area contributed by atoms with Crippen molar-refractivity contribution in [3.05, 3.63) is 120 Å². The molecular weight excluding hydrogens is 516 g/mol. The largest absolute Gasteiger partial charge is 0.344 e. The molecule has 0 fully saturated rings. The Kier molecular flexibility index (Phi) is 11.0. The Morgan fingerprint density at radius 1 is 0.450 bits per heavy atom. The number of amidine groups is 2. The Morgan fingerprint density at radius 3 is 0.950 bits per heavy atom. The predicted molar refractivity (Wildman–Crippen MR) is 157 cm³/mol. The molecule has 0 aromatic heterocycles. The van der Waals surface area contributed by atoms with Gasteiger partial charge >= 0.3 is 0 Å². The second-order valence-electron chi connectivity index (χ2n) is 9.52. The number of hydrogen-bond acceptors (Lipinski definition) is 2. The quantitative estimate of drug-likeness (QED) is 0.143. The first-order valence-electron chi connectivity index (χ1n) is 12.8. The van der Waals surface area contributed by atoms with Crippen LogP contribution in [0.3, 0.4) is 0 Å². The van der Waals surface area contributed by atoms with E-state index in [9.17, 15) is 17.6 Å². The summed E-state index contributed by atoms with van der Waals surface area (Å²) in [5, 5.41) is 6.32. The number of halogens is 4. The van der Waals surface area contributed by atoms with Crippen LogP contribution in [0.1, 0.15) is 27.7 Å². The Balaban J connectivity index is 0.000000220. The lowest BCUT2D eigenvalue weighted by Crippen LogP contribution is -2.18. The van der Waals surface area contributed by atoms with Gasteiger partial charge in [0.15, 0.2) is 0 Å². The molecule has 0 aliphatic heterocycles. The average Bonchev–Trinajstić information content (AvgIpc) is 2.93. The molecule has 8 heteroatoms. The van der Waals surface area contributed by atoms with E-state index in [0.717, 1.165) is 23.0 Å². The lowest BCUT2D eigenvalue weighted by atomic mass is 10.2. The molecule has 0 spiro atoms. The summed E-state index contributed by atoms with van der Waals surface area (Å²) in [7, 11) is 0. The molecule has 0 radical (unpaired) electrons. The zero-order chi connectivity index (χ0) is 29.1. The SMILES string of the molecule is CC(C)C(=Nc1ccc(F)cc1)Nc1ccc(F)cc1.CC(C)C(=Nc1ccc(F)cc1)Nc1ccc(F)cc1. The van der Waals surface area contributed by atoms with Gasteiger partial charge in [0.2, 0.25) is 0 Å². The summed E-state index contributed by atoms with van der Waals surface area (Å²) in [5.41, 5.74) is 2.87. The minimum Gasteiger partial charge on any atom is -0.344 e. The molecule has 0 aliphatic carbocycles. The molecule has 4 nitrogen and oxygen atoms in total. The first kappa shape index (κ1) is 30.1. The van der Waals surface area contributed by atoms with Crippen molar-refractivity contribution in [2.75, 3.05) is 10.6 Å². The van der Waals surface area contributed by atoms with Crippen LogP contribution in [-0.4, -0.2) is 11.7 Å². The monoisotopic (exact) mass is 548 g/mol. The molecule has 208 valence electrons. The van der Waals surface area contributed by atoms with Crippen molar-refractivity contribution in [3.63, 3.8) is 0 Å². The van der Waals surface area contributed by atoms with Crippen molar-refractivity contribution >= 4 is 34.4 Å². The van der Waals surface area contributed by atoms with Crippen molar-refractivity contribution in [3.8, 4) is 0 Å². The maximum Gasteiger partial charge on any atom is 0.123 e. The van der Waals surface area contributed by atoms with E-state index >= 15 is 0 Å². The second kappa shape index (κ2) is 14.6. The van der Waals surface area contributed by atoms with E-state index < -0.39 is 0 Å². The molecule has 0 heterocycles. The highest BCUT2D eigenvalue weighted by atomic mass is 19.1. The molecule has 4 aromatic carbocycles. The van der Waals surface area contributed by atoms with Gasteiger partial charge in [0, 0.05) is 23.2 Å². The Bertz CT molecular complexity index is 1280. The van der Waals surface area contributed by atoms with Crippen LogP contribution in [0.2, 0.25) is 0 Å². The van der Waals surface area contributed by atoms with Crippen molar-refractivity contribution in [1.82, 2.24) is 0 Å². The molecular formula is C32H32F4N4. The van der Waals surface area contributed by atoms with E-state index in [1.807, 2.05) is 27.7 Å². The fourth-order valence-corrected chi connectivity index (χ4v) is 3.27. The number of nitrogens with zero attached hydrogens (tertiary/aromatic N) is 2. The first-order chi connectivity index (χ1) is 19.1. The standard InChI is InChI=1S/2C16H16F2N2/c2*1-11(2)16(19-14-7-3-12(17)4-8-14)20-15-9-5-13(18)6-10-15/h2*3-11H,1-2H3,(H,19,20). The molecule has 2 N–H and O–H groups in total. The third-order valence-electron chi connectivity index (χ3n) is 5.48. The third-order valence-corrected chi connectivity index (χ3v) is 5.48. The number of aliphatic imine (C=N–C) groups is 2. The van der Waals surface area contributed by atoms with E-state index in [-0.39, 0.29) is 35.1 Å². The van der Waals surface area contributed by atoms with Crippen LogP contribution in [0.15, 0.2) is 107 Å². The van der Waals surface area contributed by atoms with Crippen LogP contribution in [0.25, 0.3) is 0 Å². The summed E-state index contributed by atoms with van der Waals surface area (Å²) in [6.45, 7) is 8.00. The molecule has 4 aromatic rings. The maximum absolute atomic E-state index is 12.9. The van der Waals surface area contributed by atoms with Gasteiger partial charge in [-0.05, 0) is 97.1 Å². The van der Waals surface area contributed by atoms with E-state index in [4.69, 9.17) is 0 Å². The topological polar surface area (TPSA) is 48.8 Å². The molecule has 0 saturated carbocycles. The summed E-state index contributed by atoms with van der Waals surface area (Å²) in [6, 6.07) is 24.1. The Hall–Kier alpha value is -4.46. The zero-order valence-electron chi connectivity index (χ0n) is 22.8. The van der Waals surface area contributed by atoms with Gasteiger partial charge in [0.1, 0.15) is 34.9 Å². The van der Waals surface area contributed by atoms with Crippen LogP contribution in [0, 0.1) is 35.1 Å². The first-order valence-corrected chi connectivity index (χ1v) is 12.8. The molecule has 0 saturated heterocycles. The van der Waals surface area contributed by atoms with Crippen LogP contribution in [0.4, 0.5) is 40.3 Å². The van der Waals surface area contributed by atoms with Crippen molar-refractivity contribution < 1.29 is 17.6 Å². The fourth-order valence-electron chi connectivity index (χ4n) is 3.27. The minimum absolute atomic E-state index is 0.158. The minimum atomic E-state index is -0.290. The predicted octanol–water partition coefficient (Wildman–Crippen LogP) is 9.53. The molecule has 40 heavy (non-hydrogen) atoms. The summed E-state index contributed by atoms with van der Waals surface area (Å²) < 4.78 is 51.5. The van der Waals surface area contributed by atoms with Crippen LogP contribution in [-0.2, 0) is 0 Å². The Labute approximate surface area is 232 Å². The molecule has 0 atom stereocenters. The summed E-state index contributed by atoms with van der Waals surface area (Å²) >= 11 is 0. The van der Waals surface area contributed by atoms with E-state index in [2.05, 4.69) is 20.6 Å². The summed E-state index contributed by atoms with van der Waals surface area (Å²) in [5.74, 6) is 0.652. The van der Waals surface area contributed by atoms with Gasteiger partial charge in [-0.2, -0.15) is 0 Å². The van der Waals surface area contributed by atoms with E-state index in [1.54, 1.807) is 48.5 Å². The maximum atomic E-state index is 12.9. The van der Waals surface area contributed by atoms with Crippen LogP contribution >= 0.6 is 0 Å². The number of nitrogens with one attached hydrogen (secondary N) is 2. The highest BCUT2D eigenvalue weighted by Crippen LogP contribution is 2.18. The smallest absolute Gasteiger partial charge is 0.123 e. The Morgan fingerprint density at radius 2 is 0.700 bits per heavy atom. The summed E-state index contributed by atoms with van der Waals surface area (Å²) in [6.07, 6.45) is 0. The fraction of sp³-hybridized carbons (Fsp3) is 0.188. The average molecular weight is 549 g/mol. The number of hydrogen-bond donors (Lipinski definition) is 2. The highest BCUT2D eigenvalue weighted by molar-refractivity contribution is 5.99. The summed E-state index contributed by atoms with van der Waals surface area (Å²) in [4.78, 5) is 8.92. The van der Waals surface area contributed by atoms with Crippen molar-refractivity contribution in [2.45, 2.75) is 27.7 Å². The van der Waals surface area contributed by atoms with Gasteiger partial charge < -0.3 is 10.6 Å². The molecule has 0 unspecified atom stereocenters. The van der Waals surface area contributed by atoms with Crippen LogP contribution in [0.5, 0.6) is 0 Å². The van der Waals surface area contributed by atoms with Gasteiger partial charge in [-0.15, -0.1) is 0 Å². The van der Waals surface area contributed by atoms with E-state index in [1.165, 1.54) is 48.5 Å². The van der Waals surface area contributed by atoms with Crippen molar-refractivity contribution in [2.24, 2.45) is 21.8 Å². The van der Waals surface area contributed by atoms with Gasteiger partial charge in [0.05, 0.1) is 11.4 Å². The van der Waals surface area contributed by atoms with Gasteiger partial charge in [-0.1, -0.05) is 27.7 Å². The normalized spacial score (nSPS) is 11.8. The lowest BCUT2D eigenvalue weighted by Gasteiger charge is -2.13. The van der Waals surface area contributed by atoms with Gasteiger partial charge in [-0.3, -0.25) is 0 Å².